The van der Waals surface area contributed by atoms with Gasteiger partial charge in [-0.1, -0.05) is 161 Å². The first-order valence-corrected chi connectivity index (χ1v) is 25.9. The molecule has 3 saturated heterocycles. The van der Waals surface area contributed by atoms with Gasteiger partial charge in [0.2, 0.25) is 0 Å². The number of hydrogen-bond donors (Lipinski definition) is 3. The number of ether oxygens (including phenoxy) is 3. The van der Waals surface area contributed by atoms with Gasteiger partial charge in [-0.25, -0.2) is 14.4 Å². The lowest BCUT2D eigenvalue weighted by molar-refractivity contribution is -0.247. The van der Waals surface area contributed by atoms with E-state index in [0.29, 0.717) is 39.9 Å². The summed E-state index contributed by atoms with van der Waals surface area (Å²) in [5, 5.41) is 32.8. The molecule has 15 heteroatoms. The molecule has 0 radical (unpaired) electrons. The summed E-state index contributed by atoms with van der Waals surface area (Å²) < 4.78 is 16.4. The topological polar surface area (TPSA) is 201 Å². The Morgan fingerprint density at radius 3 is 1.01 bits per heavy atom. The van der Waals surface area contributed by atoms with Crippen LogP contribution < -0.4 is 0 Å². The molecule has 6 amide bonds. The van der Waals surface area contributed by atoms with Crippen LogP contribution in [0.2, 0.25) is 0 Å². The number of aryl methyl sites for hydroxylation is 3. The van der Waals surface area contributed by atoms with E-state index in [1.54, 1.807) is 0 Å². The summed E-state index contributed by atoms with van der Waals surface area (Å²) in [6, 6.07) is 8.39. The fraction of sp³-hybridized carbons (Fsp3) is 0.567. The van der Waals surface area contributed by atoms with E-state index in [4.69, 9.17) is 14.2 Å². The van der Waals surface area contributed by atoms with Gasteiger partial charge in [-0.05, 0) is 109 Å². The van der Waals surface area contributed by atoms with Gasteiger partial charge in [0.15, 0.2) is 0 Å². The molecule has 3 fully saturated rings. The zero-order valence-electron chi connectivity index (χ0n) is 48.3. The number of urea groups is 3. The van der Waals surface area contributed by atoms with Crippen LogP contribution in [0.4, 0.5) is 14.4 Å². The third kappa shape index (κ3) is 12.8. The molecule has 0 aliphatic carbocycles. The van der Waals surface area contributed by atoms with Crippen molar-refractivity contribution in [3.05, 3.63) is 99.6 Å². The predicted octanol–water partition coefficient (Wildman–Crippen LogP) is 12.5. The number of hydrogen-bond acceptors (Lipinski definition) is 12. The fourth-order valence-electron chi connectivity index (χ4n) is 9.35. The summed E-state index contributed by atoms with van der Waals surface area (Å²) in [4.78, 5) is 79.2. The fourth-order valence-corrected chi connectivity index (χ4v) is 9.35. The molecule has 0 aromatic heterocycles. The Labute approximate surface area is 445 Å². The number of fused-ring (bicyclic) bond motifs is 1. The Hall–Kier alpha value is -6.38. The lowest BCUT2D eigenvalue weighted by atomic mass is 9.78. The SMILES string of the molecule is C=C.CC(C)(C)c1cc(CCC(=O)OC2N3C(=O)N4C(=O)N(C3=O)C24OC(=O)CCc2cc(C(C)(C)C)c(O)c(C(C)(C)C)c2)cc(C(C)(C)C)c1O.CCOC(=O)CCc1cc(C(C)(C)C)c(O)c(C(C)(C)C)c1. The minimum absolute atomic E-state index is 0.149. The second-order valence-corrected chi connectivity index (χ2v) is 25.8. The number of phenols is 3. The zero-order chi connectivity index (χ0) is 57.5. The minimum atomic E-state index is -2.24. The molecular weight excluding hydrogens is 955 g/mol. The molecule has 0 saturated carbocycles. The summed E-state index contributed by atoms with van der Waals surface area (Å²) in [6.45, 7) is 44.6. The summed E-state index contributed by atoms with van der Waals surface area (Å²) in [5.41, 5.74) is 5.57. The van der Waals surface area contributed by atoms with E-state index in [-0.39, 0.29) is 75.6 Å². The van der Waals surface area contributed by atoms with E-state index in [0.717, 1.165) is 50.1 Å². The van der Waals surface area contributed by atoms with E-state index >= 15 is 0 Å². The monoisotopic (exact) mass is 1040 g/mol. The molecule has 3 heterocycles. The van der Waals surface area contributed by atoms with Crippen LogP contribution in [0.3, 0.4) is 0 Å². The summed E-state index contributed by atoms with van der Waals surface area (Å²) >= 11 is 0. The highest BCUT2D eigenvalue weighted by molar-refractivity contribution is 6.20. The van der Waals surface area contributed by atoms with Crippen LogP contribution in [0.5, 0.6) is 17.2 Å². The number of aromatic hydroxyl groups is 3. The smallest absolute Gasteiger partial charge is 0.348 e. The third-order valence-electron chi connectivity index (χ3n) is 13.4. The van der Waals surface area contributed by atoms with Crippen molar-refractivity contribution < 1.29 is 58.3 Å². The van der Waals surface area contributed by atoms with Crippen molar-refractivity contribution in [1.82, 2.24) is 14.7 Å². The summed E-state index contributed by atoms with van der Waals surface area (Å²) in [7, 11) is 0. The number of esters is 3. The highest BCUT2D eigenvalue weighted by atomic mass is 16.7. The molecule has 15 nitrogen and oxygen atoms in total. The molecule has 6 rings (SSSR count). The van der Waals surface area contributed by atoms with Gasteiger partial charge in [0.1, 0.15) is 17.2 Å². The first-order valence-electron chi connectivity index (χ1n) is 25.9. The highest BCUT2D eigenvalue weighted by Gasteiger charge is 2.87. The number of carbonyl (C=O) groups is 6. The molecule has 3 aromatic rings. The Morgan fingerprint density at radius 2 is 0.747 bits per heavy atom. The van der Waals surface area contributed by atoms with Crippen molar-refractivity contribution in [1.29, 1.82) is 0 Å². The number of phenolic OH excluding ortho intramolecular Hbond substituents is 3. The van der Waals surface area contributed by atoms with Gasteiger partial charge >= 0.3 is 41.9 Å². The molecule has 0 spiro atoms. The lowest BCUT2D eigenvalue weighted by Crippen LogP contribution is -2.81. The molecule has 1 atom stereocenters. The van der Waals surface area contributed by atoms with E-state index in [9.17, 15) is 44.1 Å². The van der Waals surface area contributed by atoms with Crippen LogP contribution in [0.15, 0.2) is 49.6 Å². The Kier molecular flexibility index (Phi) is 17.7. The Morgan fingerprint density at radius 1 is 0.480 bits per heavy atom. The molecule has 1 unspecified atom stereocenters. The van der Waals surface area contributed by atoms with Crippen LogP contribution >= 0.6 is 0 Å². The number of imide groups is 3. The van der Waals surface area contributed by atoms with E-state index < -0.39 is 42.1 Å². The van der Waals surface area contributed by atoms with Gasteiger partial charge in [-0.2, -0.15) is 14.7 Å². The Bertz CT molecular complexity index is 2560. The second kappa shape index (κ2) is 21.7. The van der Waals surface area contributed by atoms with Gasteiger partial charge in [0.05, 0.1) is 6.61 Å². The number of benzene rings is 3. The molecule has 412 valence electrons. The maximum atomic E-state index is 13.4. The molecule has 75 heavy (non-hydrogen) atoms. The van der Waals surface area contributed by atoms with Crippen LogP contribution in [0, 0.1) is 0 Å². The van der Waals surface area contributed by atoms with Gasteiger partial charge < -0.3 is 29.5 Å². The van der Waals surface area contributed by atoms with Crippen molar-refractivity contribution in [2.75, 3.05) is 6.61 Å². The number of nitrogens with zero attached hydrogens (tertiary/aromatic N) is 3. The molecule has 3 aromatic carbocycles. The van der Waals surface area contributed by atoms with Crippen LogP contribution in [0.1, 0.15) is 201 Å². The van der Waals surface area contributed by atoms with E-state index in [1.807, 2.05) is 126 Å². The number of carbonyl (C=O) groups excluding carboxylic acids is 6. The maximum absolute atomic E-state index is 13.4. The third-order valence-corrected chi connectivity index (χ3v) is 13.4. The molecule has 2 bridgehead atoms. The van der Waals surface area contributed by atoms with Crippen molar-refractivity contribution in [2.24, 2.45) is 0 Å². The van der Waals surface area contributed by atoms with Gasteiger partial charge in [0.25, 0.3) is 6.23 Å². The number of amides is 6. The van der Waals surface area contributed by atoms with Crippen molar-refractivity contribution in [3.63, 3.8) is 0 Å². The standard InChI is InChI=1S/C39H51N3O9.C19H30O3.C2H4/c1-35(2,3)23-17-21(18-24(29(23)45)36(4,5)6)13-15-27(43)50-31-39(41-32(47)40(31)33(48)42(39)34(41)49)51-28(44)16-14-22-19-25(37(7,8)9)30(46)26(20-22)38(10,11)12;1-8-22-16(20)10-9-13-11-14(18(2,3)4)17(21)15(12-13)19(5,6)7;1-2/h17-20,31,45-46H,13-16H2,1-12H3;11-12,21H,8-10H2,1-7H3;1-2H2. The van der Waals surface area contributed by atoms with Gasteiger partial charge in [0, 0.05) is 19.3 Å². The van der Waals surface area contributed by atoms with Crippen LogP contribution in [-0.4, -0.2) is 84.7 Å². The summed E-state index contributed by atoms with van der Waals surface area (Å²) in [6.07, 6.45) is -0.613. The minimum Gasteiger partial charge on any atom is -0.507 e. The van der Waals surface area contributed by atoms with Gasteiger partial charge in [-0.3, -0.25) is 14.4 Å². The van der Waals surface area contributed by atoms with Crippen LogP contribution in [0.25, 0.3) is 0 Å². The molecule has 3 aliphatic heterocycles. The van der Waals surface area contributed by atoms with Crippen LogP contribution in [-0.2, 0) is 80.3 Å². The molecular formula is C60H85N3O12. The second-order valence-electron chi connectivity index (χ2n) is 25.8. The van der Waals surface area contributed by atoms with Crippen molar-refractivity contribution in [3.8, 4) is 17.2 Å². The van der Waals surface area contributed by atoms with Crippen molar-refractivity contribution in [2.45, 2.75) is 215 Å². The Balaban J connectivity index is 0.000000424. The normalized spacial score (nSPS) is 17.5. The van der Waals surface area contributed by atoms with Gasteiger partial charge in [-0.15, -0.1) is 13.2 Å². The maximum Gasteiger partial charge on any atom is 0.348 e. The first kappa shape index (κ1) is 61.2. The molecule has 3 aliphatic rings. The average molecular weight is 1040 g/mol. The summed E-state index contributed by atoms with van der Waals surface area (Å²) in [5.74, 6) is -3.23. The quantitative estimate of drug-likeness (QED) is 0.0882. The number of rotatable bonds is 12. The average Bonchev–Trinajstić information content (AvgIpc) is 3.58. The van der Waals surface area contributed by atoms with E-state index in [2.05, 4.69) is 54.7 Å². The molecule has 3 N–H and O–H groups in total. The zero-order valence-corrected chi connectivity index (χ0v) is 48.3. The largest absolute Gasteiger partial charge is 0.507 e. The lowest BCUT2D eigenvalue weighted by Gasteiger charge is -2.49. The predicted molar refractivity (Wildman–Crippen MR) is 290 cm³/mol. The highest BCUT2D eigenvalue weighted by Crippen LogP contribution is 2.53. The first-order chi connectivity index (χ1) is 34.2. The van der Waals surface area contributed by atoms with Crippen molar-refractivity contribution >= 4 is 36.0 Å². The van der Waals surface area contributed by atoms with E-state index in [1.165, 1.54) is 0 Å².